The van der Waals surface area contributed by atoms with Crippen LogP contribution in [0.5, 0.6) is 0 Å². The molecule has 3 fully saturated rings. The van der Waals surface area contributed by atoms with Crippen molar-refractivity contribution in [2.45, 2.75) is 117 Å². The lowest BCUT2D eigenvalue weighted by Crippen LogP contribution is -2.25. The van der Waals surface area contributed by atoms with Crippen LogP contribution in [0.4, 0.5) is 0 Å². The second kappa shape index (κ2) is 10.9. The minimum Gasteiger partial charge on any atom is -0.0851 e. The summed E-state index contributed by atoms with van der Waals surface area (Å²) in [7, 11) is 0. The van der Waals surface area contributed by atoms with Gasteiger partial charge in [0.15, 0.2) is 0 Å². The lowest BCUT2D eigenvalue weighted by Gasteiger charge is -2.37. The van der Waals surface area contributed by atoms with Crippen molar-refractivity contribution in [3.63, 3.8) is 0 Å². The number of unbranched alkanes of at least 4 members (excludes halogenated alkanes) is 1. The van der Waals surface area contributed by atoms with Gasteiger partial charge in [0, 0.05) is 0 Å². The Balaban J connectivity index is 1.32. The number of hydrogen-bond acceptors (Lipinski definition) is 0. The molecule has 0 aromatic carbocycles. The quantitative estimate of drug-likeness (QED) is 0.400. The van der Waals surface area contributed by atoms with E-state index in [0.717, 1.165) is 35.5 Å². The third-order valence-electron chi connectivity index (χ3n) is 8.46. The molecule has 0 N–H and O–H groups in total. The maximum absolute atomic E-state index is 2.65. The largest absolute Gasteiger partial charge is 0.0851 e. The normalized spacial score (nSPS) is 39.3. The van der Waals surface area contributed by atoms with Crippen LogP contribution in [0.1, 0.15) is 117 Å². The van der Waals surface area contributed by atoms with Crippen molar-refractivity contribution >= 4 is 0 Å². The lowest BCUT2D eigenvalue weighted by atomic mass is 9.69. The Labute approximate surface area is 164 Å². The van der Waals surface area contributed by atoms with Gasteiger partial charge in [-0.05, 0) is 99.7 Å². The summed E-state index contributed by atoms with van der Waals surface area (Å²) < 4.78 is 0. The number of allylic oxidation sites excluding steroid dienone is 2. The fraction of sp³-hybridized carbons (Fsp3) is 0.923. The number of hydrogen-bond donors (Lipinski definition) is 0. The van der Waals surface area contributed by atoms with Gasteiger partial charge in [-0.25, -0.2) is 0 Å². The van der Waals surface area contributed by atoms with Gasteiger partial charge in [-0.3, -0.25) is 0 Å². The third kappa shape index (κ3) is 6.13. The van der Waals surface area contributed by atoms with Crippen molar-refractivity contribution in [2.24, 2.45) is 35.5 Å². The molecule has 0 aromatic rings. The van der Waals surface area contributed by atoms with Crippen LogP contribution in [0, 0.1) is 35.5 Å². The van der Waals surface area contributed by atoms with Crippen LogP contribution in [0.25, 0.3) is 0 Å². The average molecular weight is 359 g/mol. The first-order valence-electron chi connectivity index (χ1n) is 12.5. The molecule has 0 aliphatic heterocycles. The Morgan fingerprint density at radius 3 is 1.54 bits per heavy atom. The summed E-state index contributed by atoms with van der Waals surface area (Å²) in [4.78, 5) is 0. The predicted molar refractivity (Wildman–Crippen MR) is 115 cm³/mol. The Hall–Kier alpha value is -0.260. The zero-order valence-corrected chi connectivity index (χ0v) is 17.9. The molecular weight excluding hydrogens is 312 g/mol. The van der Waals surface area contributed by atoms with Crippen LogP contribution in [0.2, 0.25) is 0 Å². The zero-order valence-electron chi connectivity index (χ0n) is 17.9. The van der Waals surface area contributed by atoms with E-state index in [1.165, 1.54) is 89.9 Å². The summed E-state index contributed by atoms with van der Waals surface area (Å²) in [5, 5.41) is 0. The molecule has 0 radical (unpaired) electrons. The van der Waals surface area contributed by atoms with Crippen molar-refractivity contribution in [3.05, 3.63) is 12.2 Å². The Morgan fingerprint density at radius 2 is 1.04 bits per heavy atom. The maximum atomic E-state index is 2.65. The van der Waals surface area contributed by atoms with E-state index in [9.17, 15) is 0 Å². The second-order valence-corrected chi connectivity index (χ2v) is 10.2. The molecule has 3 aliphatic rings. The van der Waals surface area contributed by atoms with E-state index in [2.05, 4.69) is 26.0 Å². The first-order chi connectivity index (χ1) is 12.8. The highest BCUT2D eigenvalue weighted by atomic mass is 14.4. The molecule has 150 valence electrons. The topological polar surface area (TPSA) is 0 Å². The van der Waals surface area contributed by atoms with E-state index in [-0.39, 0.29) is 0 Å². The fourth-order valence-corrected chi connectivity index (χ4v) is 6.35. The molecular formula is C26H46. The number of rotatable bonds is 7. The smallest absolute Gasteiger partial charge is 0.0233 e. The van der Waals surface area contributed by atoms with Crippen LogP contribution >= 0.6 is 0 Å². The van der Waals surface area contributed by atoms with E-state index in [0.29, 0.717) is 0 Å². The summed E-state index contributed by atoms with van der Waals surface area (Å²) in [6.45, 7) is 4.72. The van der Waals surface area contributed by atoms with E-state index >= 15 is 0 Å². The first kappa shape index (κ1) is 20.5. The minimum absolute atomic E-state index is 0.912. The molecule has 0 heteroatoms. The highest BCUT2D eigenvalue weighted by molar-refractivity contribution is 4.97. The molecule has 0 saturated heterocycles. The van der Waals surface area contributed by atoms with E-state index in [1.807, 2.05) is 0 Å². The van der Waals surface area contributed by atoms with Gasteiger partial charge in [-0.15, -0.1) is 0 Å². The van der Waals surface area contributed by atoms with E-state index in [4.69, 9.17) is 0 Å². The zero-order chi connectivity index (χ0) is 18.2. The Bertz CT molecular complexity index is 384. The van der Waals surface area contributed by atoms with Crippen LogP contribution in [0.15, 0.2) is 12.2 Å². The minimum atomic E-state index is 0.912. The summed E-state index contributed by atoms with van der Waals surface area (Å²) >= 11 is 0. The summed E-state index contributed by atoms with van der Waals surface area (Å²) in [6, 6.07) is 0. The molecule has 0 atom stereocenters. The third-order valence-corrected chi connectivity index (χ3v) is 8.46. The SMILES string of the molecule is CCCCC1CCC(/C=C/C2CCC(C3CCC(CC)CC3)CC2)CC1. The molecule has 3 aliphatic carbocycles. The lowest BCUT2D eigenvalue weighted by molar-refractivity contribution is 0.154. The van der Waals surface area contributed by atoms with Crippen LogP contribution in [0.3, 0.4) is 0 Å². The molecule has 0 bridgehead atoms. The van der Waals surface area contributed by atoms with Crippen molar-refractivity contribution in [2.75, 3.05) is 0 Å². The van der Waals surface area contributed by atoms with E-state index < -0.39 is 0 Å². The second-order valence-electron chi connectivity index (χ2n) is 10.2. The molecule has 26 heavy (non-hydrogen) atoms. The van der Waals surface area contributed by atoms with E-state index in [1.54, 1.807) is 12.8 Å². The standard InChI is InChI=1S/C26H46/c1-3-5-6-22-7-9-23(10-8-22)11-12-24-15-19-26(20-16-24)25-17-13-21(4-2)14-18-25/h11-12,21-26H,3-10,13-20H2,1-2H3/b12-11+. The van der Waals surface area contributed by atoms with Gasteiger partial charge < -0.3 is 0 Å². The molecule has 0 aromatic heterocycles. The molecule has 0 amide bonds. The maximum Gasteiger partial charge on any atom is -0.0233 e. The average Bonchev–Trinajstić information content (AvgIpc) is 2.72. The van der Waals surface area contributed by atoms with Crippen molar-refractivity contribution in [1.82, 2.24) is 0 Å². The van der Waals surface area contributed by atoms with Crippen LogP contribution in [-0.4, -0.2) is 0 Å². The van der Waals surface area contributed by atoms with Gasteiger partial charge in [-0.1, -0.05) is 64.5 Å². The van der Waals surface area contributed by atoms with Gasteiger partial charge in [0.2, 0.25) is 0 Å². The monoisotopic (exact) mass is 358 g/mol. The van der Waals surface area contributed by atoms with Crippen molar-refractivity contribution < 1.29 is 0 Å². The summed E-state index contributed by atoms with van der Waals surface area (Å²) in [5.41, 5.74) is 0. The molecule has 0 spiro atoms. The van der Waals surface area contributed by atoms with Gasteiger partial charge >= 0.3 is 0 Å². The molecule has 0 heterocycles. The van der Waals surface area contributed by atoms with Gasteiger partial charge in [0.25, 0.3) is 0 Å². The Kier molecular flexibility index (Phi) is 8.60. The molecule has 0 nitrogen and oxygen atoms in total. The van der Waals surface area contributed by atoms with Gasteiger partial charge in [0.05, 0.1) is 0 Å². The van der Waals surface area contributed by atoms with Crippen molar-refractivity contribution in [3.8, 4) is 0 Å². The molecule has 3 rings (SSSR count). The first-order valence-corrected chi connectivity index (χ1v) is 12.5. The molecule has 3 saturated carbocycles. The summed E-state index contributed by atoms with van der Waals surface area (Å²) in [6.07, 6.45) is 29.2. The van der Waals surface area contributed by atoms with Gasteiger partial charge in [0.1, 0.15) is 0 Å². The summed E-state index contributed by atoms with van der Waals surface area (Å²) in [5.74, 6) is 6.10. The highest BCUT2D eigenvalue weighted by Gasteiger charge is 2.30. The molecule has 0 unspecified atom stereocenters. The highest BCUT2D eigenvalue weighted by Crippen LogP contribution is 2.42. The Morgan fingerprint density at radius 1 is 0.577 bits per heavy atom. The predicted octanol–water partition coefficient (Wildman–Crippen LogP) is 8.56. The fourth-order valence-electron chi connectivity index (χ4n) is 6.35. The van der Waals surface area contributed by atoms with Gasteiger partial charge in [-0.2, -0.15) is 0 Å². The van der Waals surface area contributed by atoms with Crippen molar-refractivity contribution in [1.29, 1.82) is 0 Å². The van der Waals surface area contributed by atoms with Crippen LogP contribution < -0.4 is 0 Å². The van der Waals surface area contributed by atoms with Crippen LogP contribution in [-0.2, 0) is 0 Å².